The van der Waals surface area contributed by atoms with Crippen LogP contribution in [0.25, 0.3) is 0 Å². The number of hydrogen-bond acceptors (Lipinski definition) is 1. The van der Waals surface area contributed by atoms with E-state index in [-0.39, 0.29) is 5.41 Å². The second-order valence-corrected chi connectivity index (χ2v) is 5.51. The van der Waals surface area contributed by atoms with Gasteiger partial charge in [-0.25, -0.2) is 0 Å². The Balaban J connectivity index is 4.88. The molecular formula is C12H18SSe. The third-order valence-corrected chi connectivity index (χ3v) is 4.98. The van der Waals surface area contributed by atoms with E-state index in [1.807, 2.05) is 18.2 Å². The molecule has 0 heterocycles. The van der Waals surface area contributed by atoms with E-state index in [4.69, 9.17) is 0 Å². The Labute approximate surface area is 99.9 Å². The Morgan fingerprint density at radius 1 is 1.14 bits per heavy atom. The van der Waals surface area contributed by atoms with Gasteiger partial charge in [-0.05, 0) is 0 Å². The zero-order chi connectivity index (χ0) is 11.0. The van der Waals surface area contributed by atoms with E-state index in [1.165, 1.54) is 3.75 Å². The van der Waals surface area contributed by atoms with Crippen molar-refractivity contribution in [1.29, 1.82) is 0 Å². The van der Waals surface area contributed by atoms with Gasteiger partial charge in [0.2, 0.25) is 0 Å². The van der Waals surface area contributed by atoms with Gasteiger partial charge < -0.3 is 0 Å². The molecule has 0 aliphatic heterocycles. The molecule has 0 saturated heterocycles. The van der Waals surface area contributed by atoms with Gasteiger partial charge in [-0.15, -0.1) is 0 Å². The molecule has 0 nitrogen and oxygen atoms in total. The number of allylic oxidation sites excluding steroid dienone is 3. The van der Waals surface area contributed by atoms with E-state index in [9.17, 15) is 0 Å². The predicted molar refractivity (Wildman–Crippen MR) is 71.2 cm³/mol. The van der Waals surface area contributed by atoms with Gasteiger partial charge in [0.15, 0.2) is 0 Å². The van der Waals surface area contributed by atoms with Crippen molar-refractivity contribution in [3.8, 4) is 0 Å². The Hall–Kier alpha value is -0.0405. The molecule has 0 amide bonds. The van der Waals surface area contributed by atoms with Crippen molar-refractivity contribution in [2.24, 2.45) is 5.41 Å². The molecule has 0 bridgehead atoms. The molecule has 0 radical (unpaired) electrons. The molecule has 0 unspecified atom stereocenters. The van der Waals surface area contributed by atoms with Crippen LogP contribution in [0.2, 0.25) is 0 Å². The van der Waals surface area contributed by atoms with Crippen molar-refractivity contribution in [3.05, 3.63) is 38.0 Å². The standard InChI is InChI=1S/C12H18SSe/c1-5-8-12(9-6-2,10-7-3)11(14)13-4/h5-7H,1-3,8-10H2,4H3. The van der Waals surface area contributed by atoms with E-state index in [0.717, 1.165) is 19.3 Å². The van der Waals surface area contributed by atoms with Crippen molar-refractivity contribution in [1.82, 2.24) is 0 Å². The van der Waals surface area contributed by atoms with Crippen molar-refractivity contribution >= 4 is 31.1 Å². The van der Waals surface area contributed by atoms with Crippen LogP contribution >= 0.6 is 11.8 Å². The number of rotatable bonds is 8. The molecule has 0 rings (SSSR count). The third kappa shape index (κ3) is 3.61. The summed E-state index contributed by atoms with van der Waals surface area (Å²) in [6, 6.07) is 0. The van der Waals surface area contributed by atoms with Crippen LogP contribution in [0.5, 0.6) is 0 Å². The van der Waals surface area contributed by atoms with E-state index in [0.29, 0.717) is 0 Å². The third-order valence-electron chi connectivity index (χ3n) is 2.22. The first-order valence-corrected chi connectivity index (χ1v) is 6.66. The second kappa shape index (κ2) is 7.28. The summed E-state index contributed by atoms with van der Waals surface area (Å²) in [4.78, 5) is 0. The molecule has 2 heteroatoms. The zero-order valence-corrected chi connectivity index (χ0v) is 11.3. The minimum atomic E-state index is 0.130. The summed E-state index contributed by atoms with van der Waals surface area (Å²) >= 11 is 4.93. The predicted octanol–water partition coefficient (Wildman–Crippen LogP) is 3.36. The average molecular weight is 273 g/mol. The van der Waals surface area contributed by atoms with Crippen LogP contribution in [-0.4, -0.2) is 25.6 Å². The van der Waals surface area contributed by atoms with Gasteiger partial charge in [0.05, 0.1) is 0 Å². The van der Waals surface area contributed by atoms with Crippen LogP contribution < -0.4 is 0 Å². The molecule has 0 aliphatic rings. The summed E-state index contributed by atoms with van der Waals surface area (Å²) < 4.78 is 1.32. The van der Waals surface area contributed by atoms with E-state index >= 15 is 0 Å². The summed E-state index contributed by atoms with van der Waals surface area (Å²) in [5.41, 5.74) is 0.130. The average Bonchev–Trinajstić information content (AvgIpc) is 2.17. The first-order chi connectivity index (χ1) is 6.66. The van der Waals surface area contributed by atoms with Gasteiger partial charge in [-0.3, -0.25) is 0 Å². The first-order valence-electron chi connectivity index (χ1n) is 4.58. The molecule has 0 aromatic rings. The topological polar surface area (TPSA) is 0 Å². The Bertz CT molecular complexity index is 204. The molecule has 0 atom stereocenters. The summed E-state index contributed by atoms with van der Waals surface area (Å²) in [6.07, 6.45) is 10.9. The summed E-state index contributed by atoms with van der Waals surface area (Å²) in [5.74, 6) is 0. The maximum absolute atomic E-state index is 3.82. The minimum absolute atomic E-state index is 0.130. The monoisotopic (exact) mass is 274 g/mol. The molecule has 0 aromatic carbocycles. The van der Waals surface area contributed by atoms with Gasteiger partial charge in [-0.2, -0.15) is 0 Å². The van der Waals surface area contributed by atoms with Gasteiger partial charge in [0.25, 0.3) is 0 Å². The van der Waals surface area contributed by atoms with Crippen molar-refractivity contribution in [2.75, 3.05) is 6.26 Å². The van der Waals surface area contributed by atoms with Crippen molar-refractivity contribution in [2.45, 2.75) is 19.3 Å². The Morgan fingerprint density at radius 2 is 1.50 bits per heavy atom. The van der Waals surface area contributed by atoms with E-state index < -0.39 is 0 Å². The molecule has 0 fully saturated rings. The van der Waals surface area contributed by atoms with E-state index in [1.54, 1.807) is 11.8 Å². The molecule has 0 saturated carbocycles. The molecule has 0 N–H and O–H groups in total. The molecular weight excluding hydrogens is 255 g/mol. The quantitative estimate of drug-likeness (QED) is 0.482. The Kier molecular flexibility index (Phi) is 7.26. The second-order valence-electron chi connectivity index (χ2n) is 3.25. The summed E-state index contributed by atoms with van der Waals surface area (Å²) in [6.45, 7) is 11.5. The van der Waals surface area contributed by atoms with Gasteiger partial charge in [0, 0.05) is 0 Å². The first kappa shape index (κ1) is 14.0. The van der Waals surface area contributed by atoms with E-state index in [2.05, 4.69) is 41.6 Å². The number of thioether (sulfide) groups is 1. The normalized spacial score (nSPS) is 10.6. The molecule has 78 valence electrons. The molecule has 0 aliphatic carbocycles. The summed E-state index contributed by atoms with van der Waals surface area (Å²) in [5, 5.41) is 0. The molecule has 14 heavy (non-hydrogen) atoms. The van der Waals surface area contributed by atoms with Crippen molar-refractivity contribution in [3.63, 3.8) is 0 Å². The Morgan fingerprint density at radius 3 is 1.71 bits per heavy atom. The SMILES string of the molecule is C=CCC(CC=C)(CC=C)C(=[Se])SC. The van der Waals surface area contributed by atoms with Crippen LogP contribution in [0.1, 0.15) is 19.3 Å². The van der Waals surface area contributed by atoms with Crippen molar-refractivity contribution < 1.29 is 0 Å². The van der Waals surface area contributed by atoms with Gasteiger partial charge >= 0.3 is 100.0 Å². The fourth-order valence-electron chi connectivity index (χ4n) is 1.55. The van der Waals surface area contributed by atoms with Crippen LogP contribution in [-0.2, 0) is 0 Å². The molecule has 0 spiro atoms. The maximum atomic E-state index is 3.82. The molecule has 0 aromatic heterocycles. The van der Waals surface area contributed by atoms with Crippen LogP contribution in [0.4, 0.5) is 0 Å². The zero-order valence-electron chi connectivity index (χ0n) is 8.79. The summed E-state index contributed by atoms with van der Waals surface area (Å²) in [7, 11) is 0. The van der Waals surface area contributed by atoms with Crippen LogP contribution in [0, 0.1) is 5.41 Å². The van der Waals surface area contributed by atoms with Gasteiger partial charge in [0.1, 0.15) is 0 Å². The van der Waals surface area contributed by atoms with Crippen LogP contribution in [0.3, 0.4) is 0 Å². The van der Waals surface area contributed by atoms with Gasteiger partial charge in [-0.1, -0.05) is 0 Å². The fourth-order valence-corrected chi connectivity index (χ4v) is 2.75. The fraction of sp³-hybridized carbons (Fsp3) is 0.417. The van der Waals surface area contributed by atoms with Crippen LogP contribution in [0.15, 0.2) is 38.0 Å². The number of hydrogen-bond donors (Lipinski definition) is 0.